The van der Waals surface area contributed by atoms with Gasteiger partial charge in [0.1, 0.15) is 17.0 Å². The molecule has 2 aromatic heterocycles. The van der Waals surface area contributed by atoms with E-state index in [1.807, 2.05) is 6.07 Å². The van der Waals surface area contributed by atoms with Crippen LogP contribution in [0.2, 0.25) is 5.15 Å². The highest BCUT2D eigenvalue weighted by atomic mass is 35.5. The van der Waals surface area contributed by atoms with Gasteiger partial charge in [-0.25, -0.2) is 4.98 Å². The Hall–Kier alpha value is -2.15. The Labute approximate surface area is 125 Å². The molecule has 0 bridgehead atoms. The van der Waals surface area contributed by atoms with Gasteiger partial charge in [0.2, 0.25) is 0 Å². The molecule has 21 heavy (non-hydrogen) atoms. The van der Waals surface area contributed by atoms with Crippen molar-refractivity contribution in [3.8, 4) is 0 Å². The molecule has 0 aromatic carbocycles. The predicted molar refractivity (Wildman–Crippen MR) is 79.0 cm³/mol. The van der Waals surface area contributed by atoms with Crippen LogP contribution in [-0.4, -0.2) is 20.1 Å². The molecule has 0 radical (unpaired) electrons. The highest BCUT2D eigenvalue weighted by Crippen LogP contribution is 2.34. The lowest BCUT2D eigenvalue weighted by atomic mass is 10.0. The molecule has 2 aromatic rings. The van der Waals surface area contributed by atoms with Crippen molar-refractivity contribution in [2.75, 3.05) is 5.32 Å². The number of hydrogen-bond acceptors (Lipinski definition) is 5. The Kier molecular flexibility index (Phi) is 3.74. The maximum Gasteiger partial charge on any atom is 0.310 e. The first kappa shape index (κ1) is 13.8. The van der Waals surface area contributed by atoms with Gasteiger partial charge in [-0.05, 0) is 12.8 Å². The number of nitrogens with one attached hydrogen (secondary N) is 2. The first-order valence-corrected chi connectivity index (χ1v) is 7.13. The van der Waals surface area contributed by atoms with Crippen molar-refractivity contribution < 1.29 is 4.92 Å². The molecule has 110 valence electrons. The van der Waals surface area contributed by atoms with Crippen molar-refractivity contribution >= 4 is 28.8 Å². The topological polar surface area (TPSA) is 96.7 Å². The van der Waals surface area contributed by atoms with Crippen LogP contribution in [0, 0.1) is 10.1 Å². The van der Waals surface area contributed by atoms with Gasteiger partial charge in [0.15, 0.2) is 5.82 Å². The van der Waals surface area contributed by atoms with Crippen LogP contribution in [0.5, 0.6) is 0 Å². The molecule has 2 heterocycles. The van der Waals surface area contributed by atoms with Crippen molar-refractivity contribution in [3.63, 3.8) is 0 Å². The van der Waals surface area contributed by atoms with E-state index in [9.17, 15) is 10.1 Å². The Morgan fingerprint density at radius 1 is 1.38 bits per heavy atom. The quantitative estimate of drug-likeness (QED) is 0.509. The Morgan fingerprint density at radius 2 is 2.14 bits per heavy atom. The zero-order valence-corrected chi connectivity index (χ0v) is 11.9. The fourth-order valence-corrected chi connectivity index (χ4v) is 2.81. The molecule has 1 saturated carbocycles. The van der Waals surface area contributed by atoms with Crippen LogP contribution in [0.4, 0.5) is 17.2 Å². The van der Waals surface area contributed by atoms with Crippen molar-refractivity contribution in [1.29, 1.82) is 0 Å². The number of hydrogen-bond donors (Lipinski definition) is 2. The van der Waals surface area contributed by atoms with Gasteiger partial charge in [0.25, 0.3) is 0 Å². The normalized spacial score (nSPS) is 15.3. The number of aromatic amines is 1. The summed E-state index contributed by atoms with van der Waals surface area (Å²) in [5.74, 6) is 1.05. The third-order valence-corrected chi connectivity index (χ3v) is 3.91. The lowest BCUT2D eigenvalue weighted by Crippen LogP contribution is -1.98. The van der Waals surface area contributed by atoms with E-state index in [1.54, 1.807) is 0 Å². The average molecular weight is 308 g/mol. The van der Waals surface area contributed by atoms with Gasteiger partial charge in [0.05, 0.1) is 4.92 Å². The van der Waals surface area contributed by atoms with E-state index >= 15 is 0 Å². The van der Waals surface area contributed by atoms with Gasteiger partial charge >= 0.3 is 5.69 Å². The Balaban J connectivity index is 1.83. The zero-order chi connectivity index (χ0) is 14.8. The first-order valence-electron chi connectivity index (χ1n) is 6.76. The number of H-pyrrole nitrogens is 1. The van der Waals surface area contributed by atoms with E-state index in [4.69, 9.17) is 11.6 Å². The van der Waals surface area contributed by atoms with Crippen LogP contribution >= 0.6 is 11.6 Å². The van der Waals surface area contributed by atoms with Crippen LogP contribution in [0.25, 0.3) is 0 Å². The molecule has 1 fully saturated rings. The van der Waals surface area contributed by atoms with Crippen LogP contribution in [0.15, 0.2) is 18.3 Å². The summed E-state index contributed by atoms with van der Waals surface area (Å²) in [6, 6.07) is 3.32. The SMILES string of the molecule is O=[N+]([O-])c1cnc(Cl)cc1Nc1cc(C2CCCC2)[nH]n1. The summed E-state index contributed by atoms with van der Waals surface area (Å²) in [5.41, 5.74) is 1.21. The minimum Gasteiger partial charge on any atom is -0.333 e. The molecule has 0 saturated heterocycles. The van der Waals surface area contributed by atoms with Crippen LogP contribution < -0.4 is 5.32 Å². The second-order valence-corrected chi connectivity index (χ2v) is 5.48. The standard InChI is InChI=1S/C13H14ClN5O2/c14-12-5-10(11(7-15-12)19(20)21)16-13-6-9(17-18-13)8-3-1-2-4-8/h5-8H,1-4H2,(H2,15,16,17,18). The van der Waals surface area contributed by atoms with Crippen LogP contribution in [0.1, 0.15) is 37.3 Å². The minimum absolute atomic E-state index is 0.134. The summed E-state index contributed by atoms with van der Waals surface area (Å²) in [4.78, 5) is 14.2. The monoisotopic (exact) mass is 307 g/mol. The fraction of sp³-hybridized carbons (Fsp3) is 0.385. The Morgan fingerprint density at radius 3 is 2.86 bits per heavy atom. The lowest BCUT2D eigenvalue weighted by molar-refractivity contribution is -0.384. The number of halogens is 1. The molecule has 0 aliphatic heterocycles. The van der Waals surface area contributed by atoms with Gasteiger partial charge in [-0.3, -0.25) is 15.2 Å². The summed E-state index contributed by atoms with van der Waals surface area (Å²) < 4.78 is 0. The minimum atomic E-state index is -0.504. The average Bonchev–Trinajstić information content (AvgIpc) is 3.08. The highest BCUT2D eigenvalue weighted by Gasteiger charge is 2.20. The number of anilines is 2. The lowest BCUT2D eigenvalue weighted by Gasteiger charge is -2.04. The maximum atomic E-state index is 11.0. The summed E-state index contributed by atoms with van der Waals surface area (Å²) in [5, 5.41) is 21.3. The van der Waals surface area contributed by atoms with Gasteiger partial charge in [0, 0.05) is 23.7 Å². The van der Waals surface area contributed by atoms with E-state index in [-0.39, 0.29) is 16.5 Å². The maximum absolute atomic E-state index is 11.0. The van der Waals surface area contributed by atoms with Crippen LogP contribution in [0.3, 0.4) is 0 Å². The molecule has 7 nitrogen and oxygen atoms in total. The van der Waals surface area contributed by atoms with Crippen molar-refractivity contribution in [2.45, 2.75) is 31.6 Å². The third-order valence-electron chi connectivity index (χ3n) is 3.70. The molecular formula is C13H14ClN5O2. The molecule has 0 unspecified atom stereocenters. The summed E-state index contributed by atoms with van der Waals surface area (Å²) in [7, 11) is 0. The van der Waals surface area contributed by atoms with E-state index < -0.39 is 4.92 Å². The molecule has 1 aliphatic carbocycles. The van der Waals surface area contributed by atoms with Crippen molar-refractivity contribution in [3.05, 3.63) is 39.3 Å². The molecule has 3 rings (SSSR count). The number of nitro groups is 1. The largest absolute Gasteiger partial charge is 0.333 e. The second kappa shape index (κ2) is 5.69. The summed E-state index contributed by atoms with van der Waals surface area (Å²) >= 11 is 5.79. The second-order valence-electron chi connectivity index (χ2n) is 5.10. The number of aromatic nitrogens is 3. The molecule has 0 spiro atoms. The summed E-state index contributed by atoms with van der Waals surface area (Å²) in [6.07, 6.45) is 5.91. The number of rotatable bonds is 4. The van der Waals surface area contributed by atoms with Crippen molar-refractivity contribution in [1.82, 2.24) is 15.2 Å². The number of pyridine rings is 1. The Bertz CT molecular complexity index is 666. The first-order chi connectivity index (χ1) is 10.1. The summed E-state index contributed by atoms with van der Waals surface area (Å²) in [6.45, 7) is 0. The van der Waals surface area contributed by atoms with E-state index in [2.05, 4.69) is 20.5 Å². The molecular weight excluding hydrogens is 294 g/mol. The molecule has 0 atom stereocenters. The van der Waals surface area contributed by atoms with Gasteiger partial charge < -0.3 is 5.32 Å². The smallest absolute Gasteiger partial charge is 0.310 e. The van der Waals surface area contributed by atoms with Crippen LogP contribution in [-0.2, 0) is 0 Å². The van der Waals surface area contributed by atoms with E-state index in [1.165, 1.54) is 18.9 Å². The predicted octanol–water partition coefficient (Wildman–Crippen LogP) is 3.77. The zero-order valence-electron chi connectivity index (χ0n) is 11.2. The van der Waals surface area contributed by atoms with Gasteiger partial charge in [-0.2, -0.15) is 5.10 Å². The highest BCUT2D eigenvalue weighted by molar-refractivity contribution is 6.29. The third kappa shape index (κ3) is 2.97. The molecule has 2 N–H and O–H groups in total. The van der Waals surface area contributed by atoms with Gasteiger partial charge in [-0.1, -0.05) is 24.4 Å². The van der Waals surface area contributed by atoms with E-state index in [0.717, 1.165) is 24.7 Å². The molecule has 8 heteroatoms. The molecule has 0 amide bonds. The van der Waals surface area contributed by atoms with E-state index in [0.29, 0.717) is 11.7 Å². The van der Waals surface area contributed by atoms with Crippen molar-refractivity contribution in [2.24, 2.45) is 0 Å². The molecule has 1 aliphatic rings. The number of nitrogens with zero attached hydrogens (tertiary/aromatic N) is 3. The fourth-order valence-electron chi connectivity index (χ4n) is 2.65. The van der Waals surface area contributed by atoms with Gasteiger partial charge in [-0.15, -0.1) is 0 Å².